The molecule has 0 radical (unpaired) electrons. The largest absolute Gasteiger partial charge is 0.444 e. The Bertz CT molecular complexity index is 2450. The second-order valence-corrected chi connectivity index (χ2v) is 19.5. The Kier molecular flexibility index (Phi) is 20.9. The number of benzene rings is 5. The molecule has 14 nitrogen and oxygen atoms in total. The number of amides is 6. The highest BCUT2D eigenvalue weighted by molar-refractivity contribution is 5.93. The molecule has 5 aromatic carbocycles. The zero-order chi connectivity index (χ0) is 51.3. The summed E-state index contributed by atoms with van der Waals surface area (Å²) in [6.45, 7) is 8.98. The lowest BCUT2D eigenvalue weighted by Crippen LogP contribution is -2.58. The van der Waals surface area contributed by atoms with Crippen LogP contribution in [0.15, 0.2) is 152 Å². The normalized spacial score (nSPS) is 14.3. The molecule has 0 saturated carbocycles. The molecule has 0 spiro atoms. The average Bonchev–Trinajstić information content (AvgIpc) is 3.33. The molecule has 376 valence electrons. The van der Waals surface area contributed by atoms with E-state index in [1.165, 1.54) is 0 Å². The molecule has 0 bridgehead atoms. The van der Waals surface area contributed by atoms with E-state index in [0.717, 1.165) is 27.8 Å². The van der Waals surface area contributed by atoms with Crippen LogP contribution < -0.4 is 32.3 Å². The van der Waals surface area contributed by atoms with E-state index in [9.17, 15) is 33.9 Å². The molecule has 0 aromatic heterocycles. The van der Waals surface area contributed by atoms with Gasteiger partial charge in [-0.15, -0.1) is 0 Å². The summed E-state index contributed by atoms with van der Waals surface area (Å²) < 4.78 is 5.52. The summed E-state index contributed by atoms with van der Waals surface area (Å²) in [5.74, 6) is -3.97. The topological polar surface area (TPSA) is 218 Å². The molecule has 0 heterocycles. The van der Waals surface area contributed by atoms with E-state index < -0.39 is 83.5 Å². The summed E-state index contributed by atoms with van der Waals surface area (Å²) in [6, 6.07) is 40.7. The van der Waals surface area contributed by atoms with Crippen molar-refractivity contribution in [2.24, 2.45) is 17.6 Å². The molecule has 14 heteroatoms. The van der Waals surface area contributed by atoms with Gasteiger partial charge in [-0.25, -0.2) is 4.79 Å². The number of aliphatic hydroxyl groups excluding tert-OH is 1. The van der Waals surface area contributed by atoms with Crippen molar-refractivity contribution < 1.29 is 38.6 Å². The molecule has 7 atom stereocenters. The summed E-state index contributed by atoms with van der Waals surface area (Å²) in [7, 11) is 0. The van der Waals surface area contributed by atoms with Crippen molar-refractivity contribution >= 4 is 35.6 Å². The minimum absolute atomic E-state index is 0.0399. The Morgan fingerprint density at radius 2 is 0.817 bits per heavy atom. The third-order valence-corrected chi connectivity index (χ3v) is 11.8. The van der Waals surface area contributed by atoms with E-state index in [1.807, 2.05) is 166 Å². The van der Waals surface area contributed by atoms with Gasteiger partial charge in [0.2, 0.25) is 29.5 Å². The first-order chi connectivity index (χ1) is 33.9. The van der Waals surface area contributed by atoms with Crippen molar-refractivity contribution in [2.75, 3.05) is 0 Å². The highest BCUT2D eigenvalue weighted by Crippen LogP contribution is 2.21. The zero-order valence-electron chi connectivity index (χ0n) is 41.4. The average molecular weight is 967 g/mol. The standard InChI is InChI=1S/C57H70N6O8/c1-38(2)31-47(53(67)60-46(51(58)65)34-41-25-15-8-16-26-41)61-52(66)44(32-39-21-11-6-12-22-39)37-50(64)45(33-40-23-13-7-14-24-40)59-54(68)48(35-42-27-17-9-18-28-42)62-55(69)49(36-43-29-19-10-20-30-43)63-56(70)71-57(3,4)5/h6-30,38,44-50,64H,31-37H2,1-5H3,(H2,58,65)(H,59,68)(H,60,67)(H,61,66)(H,62,69)(H,63,70)/t44?,45?,46-,47-,48-,49-,50?/m0/s1. The van der Waals surface area contributed by atoms with Crippen molar-refractivity contribution in [2.45, 2.75) is 121 Å². The van der Waals surface area contributed by atoms with Crippen LogP contribution in [0.2, 0.25) is 0 Å². The number of carbonyl (C=O) groups excluding carboxylic acids is 6. The highest BCUT2D eigenvalue weighted by atomic mass is 16.6. The molecule has 0 aliphatic heterocycles. The number of nitrogens with one attached hydrogen (secondary N) is 5. The van der Waals surface area contributed by atoms with E-state index in [2.05, 4.69) is 26.6 Å². The molecule has 0 aliphatic carbocycles. The minimum Gasteiger partial charge on any atom is -0.444 e. The van der Waals surface area contributed by atoms with Gasteiger partial charge in [0.15, 0.2) is 0 Å². The first-order valence-electron chi connectivity index (χ1n) is 24.3. The van der Waals surface area contributed by atoms with E-state index in [0.29, 0.717) is 0 Å². The first-order valence-corrected chi connectivity index (χ1v) is 24.3. The minimum atomic E-state index is -1.33. The second kappa shape index (κ2) is 27.2. The first kappa shape index (κ1) is 54.6. The van der Waals surface area contributed by atoms with Gasteiger partial charge in [-0.05, 0) is 80.2 Å². The van der Waals surface area contributed by atoms with Gasteiger partial charge in [0, 0.05) is 25.2 Å². The molecule has 0 saturated heterocycles. The molecule has 8 N–H and O–H groups in total. The Morgan fingerprint density at radius 3 is 1.24 bits per heavy atom. The number of hydrogen-bond donors (Lipinski definition) is 7. The number of primary amides is 1. The SMILES string of the molecule is CC(C)C[C@H](NC(=O)C(Cc1ccccc1)CC(O)C(Cc1ccccc1)NC(=O)[C@H](Cc1ccccc1)NC(=O)[C@H](Cc1ccccc1)NC(=O)OC(C)(C)C)C(=O)N[C@@H](Cc1ccccc1)C(N)=O. The third kappa shape index (κ3) is 19.2. The van der Waals surface area contributed by atoms with Crippen molar-refractivity contribution in [3.05, 3.63) is 179 Å². The summed E-state index contributed by atoms with van der Waals surface area (Å²) in [6.07, 6.45) is -1.34. The molecule has 5 rings (SSSR count). The molecule has 0 aliphatic rings. The van der Waals surface area contributed by atoms with Crippen molar-refractivity contribution in [3.8, 4) is 0 Å². The summed E-state index contributed by atoms with van der Waals surface area (Å²) in [4.78, 5) is 83.4. The number of alkyl carbamates (subject to hydrolysis) is 1. The van der Waals surface area contributed by atoms with Crippen LogP contribution in [-0.2, 0) is 60.8 Å². The van der Waals surface area contributed by atoms with Crippen molar-refractivity contribution in [1.82, 2.24) is 26.6 Å². The maximum Gasteiger partial charge on any atom is 0.408 e. The van der Waals surface area contributed by atoms with Gasteiger partial charge in [0.25, 0.3) is 0 Å². The third-order valence-electron chi connectivity index (χ3n) is 11.8. The summed E-state index contributed by atoms with van der Waals surface area (Å²) in [5, 5.41) is 26.7. The molecular formula is C57H70N6O8. The molecule has 3 unspecified atom stereocenters. The zero-order valence-corrected chi connectivity index (χ0v) is 41.4. The Hall–Kier alpha value is -7.32. The van der Waals surface area contributed by atoms with E-state index in [-0.39, 0.29) is 50.9 Å². The monoisotopic (exact) mass is 967 g/mol. The Balaban J connectivity index is 1.43. The number of nitrogens with two attached hydrogens (primary N) is 1. The van der Waals surface area contributed by atoms with Gasteiger partial charge < -0.3 is 42.2 Å². The van der Waals surface area contributed by atoms with Crippen molar-refractivity contribution in [1.29, 1.82) is 0 Å². The van der Waals surface area contributed by atoms with E-state index in [4.69, 9.17) is 10.5 Å². The lowest BCUT2D eigenvalue weighted by Gasteiger charge is -2.31. The molecular weight excluding hydrogens is 897 g/mol. The van der Waals surface area contributed by atoms with Crippen LogP contribution in [0.1, 0.15) is 75.3 Å². The fourth-order valence-electron chi connectivity index (χ4n) is 8.25. The van der Waals surface area contributed by atoms with Crippen molar-refractivity contribution in [3.63, 3.8) is 0 Å². The van der Waals surface area contributed by atoms with Gasteiger partial charge in [0.05, 0.1) is 12.1 Å². The number of rotatable bonds is 25. The van der Waals surface area contributed by atoms with E-state index >= 15 is 0 Å². The maximum absolute atomic E-state index is 14.8. The van der Waals surface area contributed by atoms with Gasteiger partial charge in [0.1, 0.15) is 29.8 Å². The number of hydrogen-bond acceptors (Lipinski definition) is 8. The Labute approximate surface area is 417 Å². The maximum atomic E-state index is 14.8. The van der Waals surface area contributed by atoms with Gasteiger partial charge in [-0.1, -0.05) is 166 Å². The van der Waals surface area contributed by atoms with Crippen LogP contribution >= 0.6 is 0 Å². The lowest BCUT2D eigenvalue weighted by atomic mass is 9.88. The van der Waals surface area contributed by atoms with Crippen LogP contribution in [0.4, 0.5) is 4.79 Å². The summed E-state index contributed by atoms with van der Waals surface area (Å²) >= 11 is 0. The fourth-order valence-corrected chi connectivity index (χ4v) is 8.25. The molecule has 71 heavy (non-hydrogen) atoms. The highest BCUT2D eigenvalue weighted by Gasteiger charge is 2.35. The Morgan fingerprint density at radius 1 is 0.465 bits per heavy atom. The summed E-state index contributed by atoms with van der Waals surface area (Å²) in [5.41, 5.74) is 8.83. The van der Waals surface area contributed by atoms with Gasteiger partial charge >= 0.3 is 6.09 Å². The number of carbonyl (C=O) groups is 6. The van der Waals surface area contributed by atoms with Gasteiger partial charge in [-0.2, -0.15) is 0 Å². The smallest absolute Gasteiger partial charge is 0.408 e. The van der Waals surface area contributed by atoms with Crippen LogP contribution in [0.3, 0.4) is 0 Å². The molecule has 5 aromatic rings. The van der Waals surface area contributed by atoms with Crippen LogP contribution in [-0.4, -0.2) is 82.6 Å². The lowest BCUT2D eigenvalue weighted by molar-refractivity contribution is -0.133. The second-order valence-electron chi connectivity index (χ2n) is 19.5. The molecule has 0 fully saturated rings. The quantitative estimate of drug-likeness (QED) is 0.0371. The molecule has 6 amide bonds. The predicted octanol–water partition coefficient (Wildman–Crippen LogP) is 5.93. The van der Waals surface area contributed by atoms with E-state index in [1.54, 1.807) is 20.8 Å². The van der Waals surface area contributed by atoms with Gasteiger partial charge in [-0.3, -0.25) is 24.0 Å². The van der Waals surface area contributed by atoms with Crippen LogP contribution in [0.25, 0.3) is 0 Å². The fraction of sp³-hybridized carbons (Fsp3) is 0.368. The van der Waals surface area contributed by atoms with Crippen LogP contribution in [0.5, 0.6) is 0 Å². The number of ether oxygens (including phenoxy) is 1. The predicted molar refractivity (Wildman–Crippen MR) is 274 cm³/mol. The number of aliphatic hydroxyl groups is 1. The van der Waals surface area contributed by atoms with Crippen LogP contribution in [0, 0.1) is 11.8 Å².